The van der Waals surface area contributed by atoms with Gasteiger partial charge in [-0.05, 0) is 5.57 Å². The van der Waals surface area contributed by atoms with Crippen molar-refractivity contribution >= 4 is 5.84 Å². The fourth-order valence-corrected chi connectivity index (χ4v) is 1.24. The molecule has 2 aliphatic rings. The first-order chi connectivity index (χ1) is 5.92. The summed E-state index contributed by atoms with van der Waals surface area (Å²) >= 11 is 0. The summed E-state index contributed by atoms with van der Waals surface area (Å²) in [5.74, 6) is 5.82. The molecule has 0 radical (unpaired) electrons. The number of allylic oxidation sites excluding steroid dienone is 3. The molecule has 1 aliphatic carbocycles. The number of fused-ring (bicyclic) bond motifs is 1. The average Bonchev–Trinajstić information content (AvgIpc) is 2.17. The standard InChI is InChI=1S/C8H8N4/c9-11-8-7-4-2-1-3-6(7)5-10-12-8/h1-5,7H,9H2/b11-8+. The topological polar surface area (TPSA) is 63.1 Å². The predicted molar refractivity (Wildman–Crippen MR) is 46.3 cm³/mol. The molecule has 0 aromatic rings. The third-order valence-electron chi connectivity index (χ3n) is 1.84. The van der Waals surface area contributed by atoms with Crippen molar-refractivity contribution in [3.05, 3.63) is 36.1 Å². The Kier molecular flexibility index (Phi) is 1.59. The number of rotatable bonds is 0. The average molecular weight is 160 g/mol. The van der Waals surface area contributed by atoms with Crippen LogP contribution in [0.2, 0.25) is 0 Å². The third-order valence-corrected chi connectivity index (χ3v) is 1.84. The van der Waals surface area contributed by atoms with Crippen LogP contribution in [0.15, 0.2) is 51.4 Å². The monoisotopic (exact) mass is 160 g/mol. The van der Waals surface area contributed by atoms with E-state index in [0.717, 1.165) is 5.57 Å². The summed E-state index contributed by atoms with van der Waals surface area (Å²) < 4.78 is 0. The Morgan fingerprint density at radius 1 is 1.42 bits per heavy atom. The number of hydrogen-bond acceptors (Lipinski definition) is 3. The minimum absolute atomic E-state index is 0.0949. The maximum Gasteiger partial charge on any atom is 0.181 e. The van der Waals surface area contributed by atoms with Crippen LogP contribution < -0.4 is 5.84 Å². The van der Waals surface area contributed by atoms with Crippen LogP contribution in [-0.4, -0.2) is 5.84 Å². The number of nitrogens with two attached hydrogens (primary N) is 1. The molecule has 60 valence electrons. The van der Waals surface area contributed by atoms with E-state index in [1.807, 2.05) is 24.3 Å². The molecule has 0 amide bonds. The lowest BCUT2D eigenvalue weighted by Gasteiger charge is -2.16. The zero-order valence-electron chi connectivity index (χ0n) is 6.38. The van der Waals surface area contributed by atoms with E-state index >= 15 is 0 Å². The molecule has 4 heteroatoms. The van der Waals surface area contributed by atoms with Crippen molar-refractivity contribution in [3.8, 4) is 0 Å². The molecule has 0 fully saturated rings. The first-order valence-corrected chi connectivity index (χ1v) is 3.65. The smallest absolute Gasteiger partial charge is 0.181 e. The van der Waals surface area contributed by atoms with Crippen LogP contribution in [0.25, 0.3) is 0 Å². The van der Waals surface area contributed by atoms with Gasteiger partial charge < -0.3 is 5.84 Å². The summed E-state index contributed by atoms with van der Waals surface area (Å²) in [6.07, 6.45) is 9.61. The first kappa shape index (κ1) is 6.97. The molecule has 12 heavy (non-hydrogen) atoms. The summed E-state index contributed by atoms with van der Waals surface area (Å²) in [5, 5.41) is 11.2. The third kappa shape index (κ3) is 0.972. The van der Waals surface area contributed by atoms with Gasteiger partial charge in [0.1, 0.15) is 0 Å². The SMILES string of the molecule is N/N=C1/N=NC=C2C=CC=CC21. The highest BCUT2D eigenvalue weighted by atomic mass is 15.2. The van der Waals surface area contributed by atoms with Crippen LogP contribution in [0.1, 0.15) is 0 Å². The Labute approximate surface area is 69.9 Å². The van der Waals surface area contributed by atoms with E-state index in [-0.39, 0.29) is 5.92 Å². The van der Waals surface area contributed by atoms with Gasteiger partial charge in [-0.3, -0.25) is 0 Å². The maximum absolute atomic E-state index is 5.16. The maximum atomic E-state index is 5.16. The van der Waals surface area contributed by atoms with E-state index in [9.17, 15) is 0 Å². The Bertz CT molecular complexity index is 333. The molecule has 2 N–H and O–H groups in total. The predicted octanol–water partition coefficient (Wildman–Crippen LogP) is 1.35. The second kappa shape index (κ2) is 2.73. The zero-order valence-corrected chi connectivity index (χ0v) is 6.38. The fraction of sp³-hybridized carbons (Fsp3) is 0.125. The van der Waals surface area contributed by atoms with Gasteiger partial charge in [-0.1, -0.05) is 24.3 Å². The molecule has 0 aromatic heterocycles. The van der Waals surface area contributed by atoms with Crippen molar-refractivity contribution in [2.24, 2.45) is 27.1 Å². The van der Waals surface area contributed by atoms with Gasteiger partial charge in [-0.2, -0.15) is 10.2 Å². The number of amidine groups is 1. The van der Waals surface area contributed by atoms with Gasteiger partial charge in [0.15, 0.2) is 5.84 Å². The summed E-state index contributed by atoms with van der Waals surface area (Å²) in [7, 11) is 0. The van der Waals surface area contributed by atoms with Crippen LogP contribution in [-0.2, 0) is 0 Å². The van der Waals surface area contributed by atoms with E-state index in [2.05, 4.69) is 15.3 Å². The molecule has 0 bridgehead atoms. The summed E-state index contributed by atoms with van der Waals surface area (Å²) in [5.41, 5.74) is 1.08. The fourth-order valence-electron chi connectivity index (χ4n) is 1.24. The highest BCUT2D eigenvalue weighted by molar-refractivity contribution is 5.90. The molecule has 0 spiro atoms. The minimum Gasteiger partial charge on any atom is -0.321 e. The minimum atomic E-state index is 0.0949. The second-order valence-electron chi connectivity index (χ2n) is 2.55. The molecular weight excluding hydrogens is 152 g/mol. The first-order valence-electron chi connectivity index (χ1n) is 3.65. The molecule has 1 heterocycles. The Morgan fingerprint density at radius 2 is 2.33 bits per heavy atom. The highest BCUT2D eigenvalue weighted by Gasteiger charge is 2.20. The molecule has 4 nitrogen and oxygen atoms in total. The van der Waals surface area contributed by atoms with Crippen molar-refractivity contribution in [2.75, 3.05) is 0 Å². The molecule has 1 unspecified atom stereocenters. The molecule has 0 saturated carbocycles. The summed E-state index contributed by atoms with van der Waals surface area (Å²) in [6, 6.07) is 0. The highest BCUT2D eigenvalue weighted by Crippen LogP contribution is 2.23. The zero-order chi connectivity index (χ0) is 8.39. The normalized spacial score (nSPS) is 28.8. The Morgan fingerprint density at radius 3 is 3.17 bits per heavy atom. The molecule has 2 rings (SSSR count). The van der Waals surface area contributed by atoms with E-state index in [4.69, 9.17) is 5.84 Å². The van der Waals surface area contributed by atoms with Crippen LogP contribution in [0.4, 0.5) is 0 Å². The van der Waals surface area contributed by atoms with Gasteiger partial charge in [0.05, 0.1) is 12.1 Å². The van der Waals surface area contributed by atoms with Crippen molar-refractivity contribution in [1.82, 2.24) is 0 Å². The number of hydrogen-bond donors (Lipinski definition) is 1. The van der Waals surface area contributed by atoms with Crippen molar-refractivity contribution in [1.29, 1.82) is 0 Å². The quantitative estimate of drug-likeness (QED) is 0.422. The number of hydrazone groups is 1. The second-order valence-corrected chi connectivity index (χ2v) is 2.55. The largest absolute Gasteiger partial charge is 0.321 e. The summed E-state index contributed by atoms with van der Waals surface area (Å²) in [6.45, 7) is 0. The Balaban J connectivity index is 2.42. The van der Waals surface area contributed by atoms with E-state index < -0.39 is 0 Å². The molecular formula is C8H8N4. The molecule has 1 atom stereocenters. The van der Waals surface area contributed by atoms with Gasteiger partial charge in [0, 0.05) is 0 Å². The lowest BCUT2D eigenvalue weighted by atomic mass is 9.94. The van der Waals surface area contributed by atoms with Gasteiger partial charge in [0.2, 0.25) is 0 Å². The van der Waals surface area contributed by atoms with Gasteiger partial charge in [0.25, 0.3) is 0 Å². The molecule has 0 aromatic carbocycles. The van der Waals surface area contributed by atoms with E-state index in [1.165, 1.54) is 0 Å². The van der Waals surface area contributed by atoms with Crippen LogP contribution in [0.3, 0.4) is 0 Å². The van der Waals surface area contributed by atoms with Crippen molar-refractivity contribution in [3.63, 3.8) is 0 Å². The summed E-state index contributed by atoms with van der Waals surface area (Å²) in [4.78, 5) is 0. The van der Waals surface area contributed by atoms with Crippen LogP contribution in [0.5, 0.6) is 0 Å². The van der Waals surface area contributed by atoms with E-state index in [0.29, 0.717) is 5.84 Å². The van der Waals surface area contributed by atoms with E-state index in [1.54, 1.807) is 6.20 Å². The van der Waals surface area contributed by atoms with Crippen molar-refractivity contribution in [2.45, 2.75) is 0 Å². The lowest BCUT2D eigenvalue weighted by Crippen LogP contribution is -2.16. The van der Waals surface area contributed by atoms with Crippen LogP contribution in [0, 0.1) is 5.92 Å². The van der Waals surface area contributed by atoms with Gasteiger partial charge in [-0.25, -0.2) is 0 Å². The molecule has 1 aliphatic heterocycles. The number of nitrogens with zero attached hydrogens (tertiary/aromatic N) is 3. The number of azo groups is 1. The molecule has 0 saturated heterocycles. The van der Waals surface area contributed by atoms with Gasteiger partial charge in [-0.15, -0.1) is 5.11 Å². The van der Waals surface area contributed by atoms with Crippen molar-refractivity contribution < 1.29 is 0 Å². The van der Waals surface area contributed by atoms with Crippen LogP contribution >= 0.6 is 0 Å². The Hall–Kier alpha value is -1.71. The van der Waals surface area contributed by atoms with Gasteiger partial charge >= 0.3 is 0 Å². The lowest BCUT2D eigenvalue weighted by molar-refractivity contribution is 0.945.